The Balaban J connectivity index is 2.01. The van der Waals surface area contributed by atoms with Gasteiger partial charge in [0.1, 0.15) is 16.8 Å². The van der Waals surface area contributed by atoms with Crippen molar-refractivity contribution in [2.75, 3.05) is 11.9 Å². The van der Waals surface area contributed by atoms with Crippen LogP contribution in [0.5, 0.6) is 0 Å². The third kappa shape index (κ3) is 3.35. The van der Waals surface area contributed by atoms with Crippen LogP contribution in [0.25, 0.3) is 0 Å². The van der Waals surface area contributed by atoms with Gasteiger partial charge < -0.3 is 5.32 Å². The Morgan fingerprint density at radius 2 is 1.94 bits per heavy atom. The number of halogens is 1. The first kappa shape index (κ1) is 13.6. The molecule has 0 amide bonds. The lowest BCUT2D eigenvalue weighted by Crippen LogP contribution is -2.18. The maximum absolute atomic E-state index is 6.13. The highest BCUT2D eigenvalue weighted by atomic mass is 35.5. The summed E-state index contributed by atoms with van der Waals surface area (Å²) in [6, 6.07) is 0. The van der Waals surface area contributed by atoms with Crippen LogP contribution in [0.4, 0.5) is 5.82 Å². The summed E-state index contributed by atoms with van der Waals surface area (Å²) in [7, 11) is 0. The molecule has 2 rings (SSSR count). The van der Waals surface area contributed by atoms with E-state index in [0.717, 1.165) is 36.1 Å². The van der Waals surface area contributed by atoms with E-state index in [1.54, 1.807) is 0 Å². The third-order valence-electron chi connectivity index (χ3n) is 3.73. The van der Waals surface area contributed by atoms with E-state index in [9.17, 15) is 0 Å². The van der Waals surface area contributed by atoms with Gasteiger partial charge in [0.15, 0.2) is 0 Å². The molecule has 0 atom stereocenters. The van der Waals surface area contributed by atoms with Crippen molar-refractivity contribution in [3.8, 4) is 0 Å². The molecular weight excluding hydrogens is 246 g/mol. The van der Waals surface area contributed by atoms with Gasteiger partial charge in [-0.05, 0) is 25.7 Å². The minimum absolute atomic E-state index is 0.577. The number of aromatic nitrogens is 2. The van der Waals surface area contributed by atoms with E-state index in [0.29, 0.717) is 5.15 Å². The third-order valence-corrected chi connectivity index (χ3v) is 4.10. The van der Waals surface area contributed by atoms with Crippen molar-refractivity contribution >= 4 is 17.4 Å². The van der Waals surface area contributed by atoms with E-state index in [4.69, 9.17) is 11.6 Å². The van der Waals surface area contributed by atoms with Crippen molar-refractivity contribution in [3.63, 3.8) is 0 Å². The quantitative estimate of drug-likeness (QED) is 0.838. The number of nitrogens with one attached hydrogen (secondary N) is 1. The molecule has 18 heavy (non-hydrogen) atoms. The van der Waals surface area contributed by atoms with Crippen molar-refractivity contribution in [3.05, 3.63) is 16.5 Å². The molecule has 1 saturated carbocycles. The summed E-state index contributed by atoms with van der Waals surface area (Å²) in [6.45, 7) is 5.04. The van der Waals surface area contributed by atoms with Crippen LogP contribution < -0.4 is 5.32 Å². The van der Waals surface area contributed by atoms with Crippen LogP contribution >= 0.6 is 11.6 Å². The van der Waals surface area contributed by atoms with Gasteiger partial charge in [-0.1, -0.05) is 37.8 Å². The Kier molecular flexibility index (Phi) is 4.81. The highest BCUT2D eigenvalue weighted by molar-refractivity contribution is 6.30. The van der Waals surface area contributed by atoms with Crippen LogP contribution in [0.15, 0.2) is 0 Å². The first-order chi connectivity index (χ1) is 8.70. The van der Waals surface area contributed by atoms with Crippen LogP contribution in [-0.4, -0.2) is 16.5 Å². The van der Waals surface area contributed by atoms with Gasteiger partial charge in [0.25, 0.3) is 0 Å². The number of aryl methyl sites for hydroxylation is 1. The lowest BCUT2D eigenvalue weighted by Gasteiger charge is -2.22. The molecule has 1 fully saturated rings. The number of nitrogens with zero attached hydrogens (tertiary/aromatic N) is 2. The smallest absolute Gasteiger partial charge is 0.137 e. The molecule has 0 saturated heterocycles. The fourth-order valence-electron chi connectivity index (χ4n) is 2.50. The van der Waals surface area contributed by atoms with E-state index in [1.165, 1.54) is 32.1 Å². The highest BCUT2D eigenvalue weighted by Crippen LogP contribution is 2.25. The summed E-state index contributed by atoms with van der Waals surface area (Å²) in [6.07, 6.45) is 7.64. The van der Waals surface area contributed by atoms with Gasteiger partial charge in [0.05, 0.1) is 0 Å². The normalized spacial score (nSPS) is 16.8. The van der Waals surface area contributed by atoms with Crippen molar-refractivity contribution in [1.82, 2.24) is 9.97 Å². The summed E-state index contributed by atoms with van der Waals surface area (Å²) in [5.74, 6) is 2.52. The molecule has 1 heterocycles. The number of rotatable bonds is 4. The molecule has 1 N–H and O–H groups in total. The standard InChI is InChI=1S/C14H22ClN3/c1-3-12-17-13(15)10(2)14(18-12)16-9-11-7-5-4-6-8-11/h11H,3-9H2,1-2H3,(H,16,17,18). The summed E-state index contributed by atoms with van der Waals surface area (Å²) >= 11 is 6.13. The molecule has 0 radical (unpaired) electrons. The number of hydrogen-bond donors (Lipinski definition) is 1. The fourth-order valence-corrected chi connectivity index (χ4v) is 2.68. The zero-order chi connectivity index (χ0) is 13.0. The van der Waals surface area contributed by atoms with Gasteiger partial charge in [0, 0.05) is 18.5 Å². The minimum atomic E-state index is 0.577. The second-order valence-electron chi connectivity index (χ2n) is 5.14. The van der Waals surface area contributed by atoms with E-state index in [2.05, 4.69) is 15.3 Å². The molecule has 3 nitrogen and oxygen atoms in total. The molecule has 0 unspecified atom stereocenters. The van der Waals surface area contributed by atoms with Crippen molar-refractivity contribution in [2.24, 2.45) is 5.92 Å². The van der Waals surface area contributed by atoms with Gasteiger partial charge in [-0.15, -0.1) is 0 Å². The van der Waals surface area contributed by atoms with Gasteiger partial charge >= 0.3 is 0 Å². The maximum Gasteiger partial charge on any atom is 0.137 e. The van der Waals surface area contributed by atoms with Gasteiger partial charge in [-0.2, -0.15) is 0 Å². The van der Waals surface area contributed by atoms with Crippen molar-refractivity contribution < 1.29 is 0 Å². The molecule has 1 aromatic rings. The molecule has 100 valence electrons. The van der Waals surface area contributed by atoms with E-state index in [-0.39, 0.29) is 0 Å². The number of anilines is 1. The average Bonchev–Trinajstić information content (AvgIpc) is 2.41. The minimum Gasteiger partial charge on any atom is -0.369 e. The lowest BCUT2D eigenvalue weighted by atomic mass is 9.89. The van der Waals surface area contributed by atoms with Crippen molar-refractivity contribution in [1.29, 1.82) is 0 Å². The lowest BCUT2D eigenvalue weighted by molar-refractivity contribution is 0.373. The summed E-state index contributed by atoms with van der Waals surface area (Å²) in [5, 5.41) is 4.04. The molecule has 0 aliphatic heterocycles. The summed E-state index contributed by atoms with van der Waals surface area (Å²) < 4.78 is 0. The average molecular weight is 268 g/mol. The molecule has 1 aliphatic rings. The molecule has 4 heteroatoms. The van der Waals surface area contributed by atoms with Crippen LogP contribution in [0.1, 0.15) is 50.4 Å². The first-order valence-electron chi connectivity index (χ1n) is 6.97. The Hall–Kier alpha value is -0.830. The zero-order valence-electron chi connectivity index (χ0n) is 11.3. The molecule has 1 aromatic heterocycles. The maximum atomic E-state index is 6.13. The molecular formula is C14H22ClN3. The topological polar surface area (TPSA) is 37.8 Å². The highest BCUT2D eigenvalue weighted by Gasteiger charge is 2.14. The van der Waals surface area contributed by atoms with Crippen LogP contribution in [0.2, 0.25) is 5.15 Å². The molecule has 0 bridgehead atoms. The predicted molar refractivity (Wildman–Crippen MR) is 76.2 cm³/mol. The Morgan fingerprint density at radius 3 is 2.61 bits per heavy atom. The van der Waals surface area contributed by atoms with Gasteiger partial charge in [0.2, 0.25) is 0 Å². The van der Waals surface area contributed by atoms with E-state index in [1.807, 2.05) is 13.8 Å². The predicted octanol–water partition coefficient (Wildman–Crippen LogP) is 3.99. The van der Waals surface area contributed by atoms with E-state index >= 15 is 0 Å². The SMILES string of the molecule is CCc1nc(Cl)c(C)c(NCC2CCCCC2)n1. The Labute approximate surface area is 114 Å². The Bertz CT molecular complexity index is 400. The number of hydrogen-bond acceptors (Lipinski definition) is 3. The van der Waals surface area contributed by atoms with Crippen LogP contribution in [0, 0.1) is 12.8 Å². The van der Waals surface area contributed by atoms with Crippen LogP contribution in [0.3, 0.4) is 0 Å². The summed E-state index contributed by atoms with van der Waals surface area (Å²) in [5.41, 5.74) is 0.963. The Morgan fingerprint density at radius 1 is 1.22 bits per heavy atom. The second-order valence-corrected chi connectivity index (χ2v) is 5.50. The largest absolute Gasteiger partial charge is 0.369 e. The zero-order valence-corrected chi connectivity index (χ0v) is 12.1. The van der Waals surface area contributed by atoms with E-state index < -0.39 is 0 Å². The van der Waals surface area contributed by atoms with Gasteiger partial charge in [-0.3, -0.25) is 0 Å². The second kappa shape index (κ2) is 6.37. The monoisotopic (exact) mass is 267 g/mol. The fraction of sp³-hybridized carbons (Fsp3) is 0.714. The molecule has 0 spiro atoms. The molecule has 1 aliphatic carbocycles. The van der Waals surface area contributed by atoms with Gasteiger partial charge in [-0.25, -0.2) is 9.97 Å². The molecule has 0 aromatic carbocycles. The van der Waals surface area contributed by atoms with Crippen LogP contribution in [-0.2, 0) is 6.42 Å². The summed E-state index contributed by atoms with van der Waals surface area (Å²) in [4.78, 5) is 8.79. The first-order valence-corrected chi connectivity index (χ1v) is 7.35. The van der Waals surface area contributed by atoms with Crippen molar-refractivity contribution in [2.45, 2.75) is 52.4 Å².